The SMILES string of the molecule is C[CH2][Ti]([CH2]C)([O]C(C)=O)[O]C(C)=O. The molecule has 0 spiro atoms. The Morgan fingerprint density at radius 2 is 1.31 bits per heavy atom. The monoisotopic (exact) mass is 224 g/mol. The molecule has 5 heteroatoms. The van der Waals surface area contributed by atoms with Crippen molar-refractivity contribution in [3.05, 3.63) is 0 Å². The van der Waals surface area contributed by atoms with Gasteiger partial charge in [0.25, 0.3) is 0 Å². The topological polar surface area (TPSA) is 52.6 Å². The van der Waals surface area contributed by atoms with Crippen LogP contribution in [-0.4, -0.2) is 11.9 Å². The molecule has 0 aliphatic carbocycles. The van der Waals surface area contributed by atoms with E-state index in [0.717, 1.165) is 0 Å². The van der Waals surface area contributed by atoms with Crippen LogP contribution in [0.1, 0.15) is 27.7 Å². The summed E-state index contributed by atoms with van der Waals surface area (Å²) in [5.74, 6) is -0.713. The van der Waals surface area contributed by atoms with Crippen LogP contribution in [0.2, 0.25) is 9.45 Å². The summed E-state index contributed by atoms with van der Waals surface area (Å²) >= 11 is -3.09. The minimum atomic E-state index is -3.09. The quantitative estimate of drug-likeness (QED) is 0.685. The fraction of sp³-hybridized carbons (Fsp3) is 0.750. The zero-order valence-corrected chi connectivity index (χ0v) is 10.1. The summed E-state index contributed by atoms with van der Waals surface area (Å²) in [6.45, 7) is 6.45. The maximum absolute atomic E-state index is 10.8. The molecule has 0 unspecified atom stereocenters. The van der Waals surface area contributed by atoms with Crippen LogP contribution in [0.3, 0.4) is 0 Å². The van der Waals surface area contributed by atoms with Gasteiger partial charge >= 0.3 is 82.7 Å². The predicted octanol–water partition coefficient (Wildman–Crippen LogP) is 1.97. The first-order valence-electron chi connectivity index (χ1n) is 4.35. The van der Waals surface area contributed by atoms with Crippen molar-refractivity contribution in [2.24, 2.45) is 0 Å². The second kappa shape index (κ2) is 5.40. The van der Waals surface area contributed by atoms with Gasteiger partial charge in [0.1, 0.15) is 0 Å². The van der Waals surface area contributed by atoms with Crippen LogP contribution in [0.5, 0.6) is 0 Å². The zero-order chi connectivity index (χ0) is 10.5. The van der Waals surface area contributed by atoms with E-state index in [1.165, 1.54) is 13.8 Å². The van der Waals surface area contributed by atoms with Crippen molar-refractivity contribution in [1.29, 1.82) is 0 Å². The molecule has 4 nitrogen and oxygen atoms in total. The number of carbonyl (C=O) groups excluding carboxylic acids is 2. The van der Waals surface area contributed by atoms with Crippen molar-refractivity contribution in [1.82, 2.24) is 0 Å². The second-order valence-electron chi connectivity index (χ2n) is 2.81. The fourth-order valence-electron chi connectivity index (χ4n) is 1.08. The van der Waals surface area contributed by atoms with Crippen LogP contribution in [0.4, 0.5) is 0 Å². The molecule has 76 valence electrons. The van der Waals surface area contributed by atoms with Crippen LogP contribution in [0.25, 0.3) is 0 Å². The number of hydrogen-bond acceptors (Lipinski definition) is 4. The molecule has 0 amide bonds. The summed E-state index contributed by atoms with van der Waals surface area (Å²) in [6, 6.07) is 0. The molecule has 0 aliphatic heterocycles. The molecule has 0 aromatic rings. The predicted molar refractivity (Wildman–Crippen MR) is 44.5 cm³/mol. The van der Waals surface area contributed by atoms with E-state index >= 15 is 0 Å². The van der Waals surface area contributed by atoms with Crippen LogP contribution >= 0.6 is 0 Å². The molecule has 0 fully saturated rings. The summed E-state index contributed by atoms with van der Waals surface area (Å²) in [5, 5.41) is 0. The Bertz CT molecular complexity index is 180. The second-order valence-corrected chi connectivity index (χ2v) is 8.50. The molecule has 0 saturated heterocycles. The Balaban J connectivity index is 4.48. The molecule has 0 aromatic carbocycles. The summed E-state index contributed by atoms with van der Waals surface area (Å²) < 4.78 is 11.6. The molecular formula is C8H16O4Ti. The van der Waals surface area contributed by atoms with Gasteiger partial charge in [0.05, 0.1) is 0 Å². The Labute approximate surface area is 82.9 Å². The van der Waals surface area contributed by atoms with Gasteiger partial charge in [0, 0.05) is 0 Å². The normalized spacial score (nSPS) is 10.8. The van der Waals surface area contributed by atoms with Crippen molar-refractivity contribution < 1.29 is 33.6 Å². The minimum absolute atomic E-state index is 0.357. The van der Waals surface area contributed by atoms with Gasteiger partial charge in [-0.2, -0.15) is 0 Å². The number of hydrogen-bond donors (Lipinski definition) is 0. The molecule has 0 heterocycles. The van der Waals surface area contributed by atoms with E-state index in [1.54, 1.807) is 0 Å². The molecule has 0 atom stereocenters. The Morgan fingerprint density at radius 1 is 1.00 bits per heavy atom. The molecular weight excluding hydrogens is 208 g/mol. The van der Waals surface area contributed by atoms with Gasteiger partial charge in [-0.3, -0.25) is 0 Å². The van der Waals surface area contributed by atoms with E-state index in [2.05, 4.69) is 0 Å². The van der Waals surface area contributed by atoms with Gasteiger partial charge < -0.3 is 0 Å². The summed E-state index contributed by atoms with van der Waals surface area (Å²) in [5.41, 5.74) is 0. The standard InChI is InChI=1S/2C2H4O2.2C2H5.Ti/c2*1-2(3)4;2*1-2;/h2*1H3,(H,3,4);2*1H2,2H3;/q;;;;+2/p-2. The molecule has 0 bridgehead atoms. The van der Waals surface area contributed by atoms with Gasteiger partial charge in [0.15, 0.2) is 0 Å². The molecule has 0 rings (SSSR count). The van der Waals surface area contributed by atoms with Crippen molar-refractivity contribution in [2.45, 2.75) is 37.1 Å². The Morgan fingerprint density at radius 3 is 1.46 bits per heavy atom. The summed E-state index contributed by atoms with van der Waals surface area (Å²) in [6.07, 6.45) is 0. The zero-order valence-electron chi connectivity index (χ0n) is 8.55. The van der Waals surface area contributed by atoms with Gasteiger partial charge in [0.2, 0.25) is 0 Å². The van der Waals surface area contributed by atoms with Crippen molar-refractivity contribution >= 4 is 11.9 Å². The molecule has 0 saturated carbocycles. The average molecular weight is 224 g/mol. The number of carbonyl (C=O) groups is 2. The van der Waals surface area contributed by atoms with Crippen molar-refractivity contribution in [3.63, 3.8) is 0 Å². The van der Waals surface area contributed by atoms with Crippen LogP contribution in [0.15, 0.2) is 0 Å². The molecule has 0 radical (unpaired) electrons. The van der Waals surface area contributed by atoms with Crippen LogP contribution in [0, 0.1) is 0 Å². The Kier molecular flexibility index (Phi) is 5.25. The molecule has 13 heavy (non-hydrogen) atoms. The van der Waals surface area contributed by atoms with Gasteiger partial charge in [-0.1, -0.05) is 0 Å². The van der Waals surface area contributed by atoms with Crippen molar-refractivity contribution in [2.75, 3.05) is 0 Å². The van der Waals surface area contributed by atoms with E-state index in [4.69, 9.17) is 6.64 Å². The molecule has 0 aromatic heterocycles. The third-order valence-corrected chi connectivity index (χ3v) is 7.16. The maximum atomic E-state index is 10.8. The number of rotatable bonds is 4. The van der Waals surface area contributed by atoms with Gasteiger partial charge in [-0.15, -0.1) is 0 Å². The first-order chi connectivity index (χ1) is 5.95. The van der Waals surface area contributed by atoms with Crippen molar-refractivity contribution in [3.8, 4) is 0 Å². The van der Waals surface area contributed by atoms with Gasteiger partial charge in [-0.25, -0.2) is 0 Å². The van der Waals surface area contributed by atoms with E-state index in [1.807, 2.05) is 13.8 Å². The Hall–Kier alpha value is -0.346. The van der Waals surface area contributed by atoms with Crippen LogP contribution < -0.4 is 0 Å². The summed E-state index contributed by atoms with van der Waals surface area (Å²) in [4.78, 5) is 21.6. The summed E-state index contributed by atoms with van der Waals surface area (Å²) in [7, 11) is 0. The first-order valence-corrected chi connectivity index (χ1v) is 7.83. The third kappa shape index (κ3) is 4.43. The van der Waals surface area contributed by atoms with E-state index in [-0.39, 0.29) is 11.9 Å². The van der Waals surface area contributed by atoms with Gasteiger partial charge in [-0.05, 0) is 0 Å². The van der Waals surface area contributed by atoms with E-state index in [9.17, 15) is 9.59 Å². The average Bonchev–Trinajstić information content (AvgIpc) is 2.01. The first kappa shape index (κ1) is 12.7. The molecule has 0 N–H and O–H groups in total. The third-order valence-electron chi connectivity index (χ3n) is 1.74. The van der Waals surface area contributed by atoms with E-state index in [0.29, 0.717) is 9.45 Å². The molecule has 0 aliphatic rings. The van der Waals surface area contributed by atoms with Crippen LogP contribution in [-0.2, 0) is 33.6 Å². The fourth-order valence-corrected chi connectivity index (χ4v) is 4.47. The van der Waals surface area contributed by atoms with E-state index < -0.39 is 17.4 Å².